The van der Waals surface area contributed by atoms with Gasteiger partial charge in [0.25, 0.3) is 0 Å². The number of benzene rings is 1. The molecule has 0 aromatic heterocycles. The summed E-state index contributed by atoms with van der Waals surface area (Å²) >= 11 is 9.22. The largest absolute Gasteiger partial charge is 0.355 e. The third kappa shape index (κ3) is 5.20. The molecule has 0 fully saturated rings. The molecule has 1 aromatic rings. The molecule has 0 aliphatic rings. The Morgan fingerprint density at radius 1 is 1.50 bits per heavy atom. The summed E-state index contributed by atoms with van der Waals surface area (Å²) in [6, 6.07) is 5.51. The van der Waals surface area contributed by atoms with E-state index in [1.165, 1.54) is 6.92 Å². The minimum atomic E-state index is -0.0349. The van der Waals surface area contributed by atoms with Gasteiger partial charge >= 0.3 is 0 Å². The fraction of sp³-hybridized carbons (Fsp3) is 0.250. The Kier molecular flexibility index (Phi) is 5.37. The van der Waals surface area contributed by atoms with Gasteiger partial charge in [0.2, 0.25) is 5.91 Å². The molecule has 0 heterocycles. The molecule has 1 amide bonds. The van der Waals surface area contributed by atoms with E-state index in [0.29, 0.717) is 18.0 Å². The first-order valence-corrected chi connectivity index (χ1v) is 5.94. The average molecular weight is 301 g/mol. The van der Waals surface area contributed by atoms with Crippen LogP contribution in [0.1, 0.15) is 18.9 Å². The van der Waals surface area contributed by atoms with E-state index in [0.717, 1.165) is 10.0 Å². The number of amides is 1. The van der Waals surface area contributed by atoms with Crippen molar-refractivity contribution in [2.75, 3.05) is 6.54 Å². The van der Waals surface area contributed by atoms with Crippen molar-refractivity contribution in [3.8, 4) is 11.8 Å². The molecule has 1 N–H and O–H groups in total. The fourth-order valence-electron chi connectivity index (χ4n) is 1.09. The van der Waals surface area contributed by atoms with E-state index in [1.54, 1.807) is 6.07 Å². The van der Waals surface area contributed by atoms with E-state index in [1.807, 2.05) is 12.1 Å². The molecule has 4 heteroatoms. The smallest absolute Gasteiger partial charge is 0.216 e. The fourth-order valence-corrected chi connectivity index (χ4v) is 1.95. The van der Waals surface area contributed by atoms with Crippen LogP contribution in [-0.4, -0.2) is 12.5 Å². The van der Waals surface area contributed by atoms with Crippen LogP contribution in [-0.2, 0) is 4.79 Å². The molecular weight excluding hydrogens is 289 g/mol. The molecule has 0 unspecified atom stereocenters. The van der Waals surface area contributed by atoms with Crippen molar-refractivity contribution in [1.82, 2.24) is 5.32 Å². The summed E-state index contributed by atoms with van der Waals surface area (Å²) in [5, 5.41) is 3.33. The van der Waals surface area contributed by atoms with E-state index >= 15 is 0 Å². The molecule has 0 saturated carbocycles. The second-order valence-electron chi connectivity index (χ2n) is 3.19. The lowest BCUT2D eigenvalue weighted by Crippen LogP contribution is -2.20. The molecule has 1 aromatic carbocycles. The third-order valence-electron chi connectivity index (χ3n) is 1.72. The highest BCUT2D eigenvalue weighted by Crippen LogP contribution is 2.18. The third-order valence-corrected chi connectivity index (χ3v) is 2.40. The van der Waals surface area contributed by atoms with Crippen LogP contribution in [0.4, 0.5) is 0 Å². The summed E-state index contributed by atoms with van der Waals surface area (Å²) in [5.41, 5.74) is 0.863. The summed E-state index contributed by atoms with van der Waals surface area (Å²) in [5.74, 6) is 5.92. The number of carbonyl (C=O) groups excluding carboxylic acids is 1. The molecule has 2 nitrogen and oxygen atoms in total. The van der Waals surface area contributed by atoms with Crippen molar-refractivity contribution in [3.05, 3.63) is 33.3 Å². The van der Waals surface area contributed by atoms with Gasteiger partial charge < -0.3 is 5.32 Å². The molecule has 0 spiro atoms. The van der Waals surface area contributed by atoms with E-state index in [4.69, 9.17) is 11.6 Å². The second-order valence-corrected chi connectivity index (χ2v) is 4.54. The van der Waals surface area contributed by atoms with Crippen LogP contribution >= 0.6 is 27.5 Å². The maximum atomic E-state index is 10.6. The molecule has 16 heavy (non-hydrogen) atoms. The Morgan fingerprint density at radius 3 is 2.88 bits per heavy atom. The van der Waals surface area contributed by atoms with Gasteiger partial charge in [-0.25, -0.2) is 0 Å². The molecule has 0 saturated heterocycles. The van der Waals surface area contributed by atoms with Gasteiger partial charge in [0, 0.05) is 34.9 Å². The predicted octanol–water partition coefficient (Wildman–Crippen LogP) is 2.98. The zero-order valence-electron chi connectivity index (χ0n) is 8.81. The van der Waals surface area contributed by atoms with Crippen molar-refractivity contribution in [1.29, 1.82) is 0 Å². The number of hydrogen-bond acceptors (Lipinski definition) is 1. The zero-order valence-corrected chi connectivity index (χ0v) is 11.2. The van der Waals surface area contributed by atoms with Gasteiger partial charge in [-0.1, -0.05) is 39.4 Å². The van der Waals surface area contributed by atoms with Crippen molar-refractivity contribution in [3.63, 3.8) is 0 Å². The topological polar surface area (TPSA) is 29.1 Å². The Bertz CT molecular complexity index is 428. The molecular formula is C12H11BrClNO. The average Bonchev–Trinajstić information content (AvgIpc) is 2.15. The second kappa shape index (κ2) is 6.57. The SMILES string of the molecule is CC(=O)NCCC#Cc1cc(Cl)cc(Br)c1. The highest BCUT2D eigenvalue weighted by molar-refractivity contribution is 9.10. The van der Waals surface area contributed by atoms with Gasteiger partial charge in [-0.05, 0) is 18.2 Å². The van der Waals surface area contributed by atoms with Crippen molar-refractivity contribution >= 4 is 33.4 Å². The normalized spacial score (nSPS) is 9.19. The van der Waals surface area contributed by atoms with Gasteiger partial charge in [0.05, 0.1) is 0 Å². The first kappa shape index (κ1) is 13.1. The van der Waals surface area contributed by atoms with Crippen molar-refractivity contribution in [2.24, 2.45) is 0 Å². The molecule has 1 rings (SSSR count). The maximum Gasteiger partial charge on any atom is 0.216 e. The zero-order chi connectivity index (χ0) is 12.0. The molecule has 0 bridgehead atoms. The number of halogens is 2. The summed E-state index contributed by atoms with van der Waals surface area (Å²) in [6.45, 7) is 2.06. The van der Waals surface area contributed by atoms with E-state index in [2.05, 4.69) is 33.1 Å². The number of hydrogen-bond donors (Lipinski definition) is 1. The van der Waals surface area contributed by atoms with Crippen LogP contribution in [0.15, 0.2) is 22.7 Å². The number of nitrogens with one attached hydrogen (secondary N) is 1. The van der Waals surface area contributed by atoms with Crippen molar-refractivity contribution < 1.29 is 4.79 Å². The lowest BCUT2D eigenvalue weighted by Gasteiger charge is -1.96. The van der Waals surface area contributed by atoms with Gasteiger partial charge in [-0.2, -0.15) is 0 Å². The standard InChI is InChI=1S/C12H11BrClNO/c1-9(16)15-5-3-2-4-10-6-11(13)8-12(14)7-10/h6-8H,3,5H2,1H3,(H,15,16). The Labute approximate surface area is 109 Å². The summed E-state index contributed by atoms with van der Waals surface area (Å²) in [4.78, 5) is 10.6. The molecule has 84 valence electrons. The van der Waals surface area contributed by atoms with Crippen LogP contribution < -0.4 is 5.32 Å². The lowest BCUT2D eigenvalue weighted by molar-refractivity contribution is -0.118. The van der Waals surface area contributed by atoms with Gasteiger partial charge in [-0.3, -0.25) is 4.79 Å². The maximum absolute atomic E-state index is 10.6. The molecule has 0 aliphatic heterocycles. The van der Waals surface area contributed by atoms with Gasteiger partial charge in [-0.15, -0.1) is 0 Å². The number of carbonyl (C=O) groups is 1. The highest BCUT2D eigenvalue weighted by atomic mass is 79.9. The quantitative estimate of drug-likeness (QED) is 0.660. The van der Waals surface area contributed by atoms with Crippen LogP contribution in [0.25, 0.3) is 0 Å². The Morgan fingerprint density at radius 2 is 2.25 bits per heavy atom. The summed E-state index contributed by atoms with van der Waals surface area (Å²) in [6.07, 6.45) is 0.629. The first-order chi connectivity index (χ1) is 7.58. The Balaban J connectivity index is 2.53. The minimum Gasteiger partial charge on any atom is -0.355 e. The van der Waals surface area contributed by atoms with Crippen LogP contribution in [0.2, 0.25) is 5.02 Å². The van der Waals surface area contributed by atoms with E-state index < -0.39 is 0 Å². The summed E-state index contributed by atoms with van der Waals surface area (Å²) < 4.78 is 0.908. The monoisotopic (exact) mass is 299 g/mol. The van der Waals surface area contributed by atoms with Gasteiger partial charge in [0.15, 0.2) is 0 Å². The number of rotatable bonds is 2. The lowest BCUT2D eigenvalue weighted by atomic mass is 10.2. The van der Waals surface area contributed by atoms with Crippen LogP contribution in [0, 0.1) is 11.8 Å². The Hall–Kier alpha value is -0.980. The predicted molar refractivity (Wildman–Crippen MR) is 69.3 cm³/mol. The van der Waals surface area contributed by atoms with E-state index in [-0.39, 0.29) is 5.91 Å². The first-order valence-electron chi connectivity index (χ1n) is 4.77. The highest BCUT2D eigenvalue weighted by Gasteiger charge is 1.94. The van der Waals surface area contributed by atoms with Gasteiger partial charge in [0.1, 0.15) is 0 Å². The summed E-state index contributed by atoms with van der Waals surface area (Å²) in [7, 11) is 0. The van der Waals surface area contributed by atoms with E-state index in [9.17, 15) is 4.79 Å². The van der Waals surface area contributed by atoms with Crippen molar-refractivity contribution in [2.45, 2.75) is 13.3 Å². The van der Waals surface area contributed by atoms with Crippen LogP contribution in [0.5, 0.6) is 0 Å². The minimum absolute atomic E-state index is 0.0349. The molecule has 0 atom stereocenters. The molecule has 0 aliphatic carbocycles. The molecule has 0 radical (unpaired) electrons. The van der Waals surface area contributed by atoms with Crippen LogP contribution in [0.3, 0.4) is 0 Å².